The smallest absolute Gasteiger partial charge is 0.343 e. The Labute approximate surface area is 246 Å². The van der Waals surface area contributed by atoms with Gasteiger partial charge in [-0.2, -0.15) is 10.9 Å². The average molecular weight is 601 g/mol. The van der Waals surface area contributed by atoms with Gasteiger partial charge in [-0.1, -0.05) is 12.1 Å². The second-order valence-corrected chi connectivity index (χ2v) is 12.6. The van der Waals surface area contributed by atoms with Crippen LogP contribution in [0.5, 0.6) is 11.5 Å². The van der Waals surface area contributed by atoms with Crippen LogP contribution >= 0.6 is 22.2 Å². The predicted octanol–water partition coefficient (Wildman–Crippen LogP) is 5.54. The number of thiol groups is 1. The lowest BCUT2D eigenvalue weighted by Crippen LogP contribution is -2.15. The van der Waals surface area contributed by atoms with Crippen molar-refractivity contribution in [3.8, 4) is 11.5 Å². The first-order chi connectivity index (χ1) is 20.4. The van der Waals surface area contributed by atoms with E-state index in [4.69, 9.17) is 9.47 Å². The summed E-state index contributed by atoms with van der Waals surface area (Å²) in [5.41, 5.74) is 0.947. The largest absolute Gasteiger partial charge is 0.482 e. The molecule has 0 bridgehead atoms. The molecule has 6 rings (SSSR count). The fourth-order valence-corrected chi connectivity index (χ4v) is 8.46. The first kappa shape index (κ1) is 27.5. The van der Waals surface area contributed by atoms with Crippen LogP contribution in [0.3, 0.4) is 0 Å². The number of hydrogen-bond donors (Lipinski definition) is 1. The number of rotatable bonds is 7. The molecule has 0 saturated carbocycles. The summed E-state index contributed by atoms with van der Waals surface area (Å²) in [7, 11) is 1.37. The van der Waals surface area contributed by atoms with E-state index in [-0.39, 0.29) is 24.4 Å². The maximum atomic E-state index is 13.8. The van der Waals surface area contributed by atoms with E-state index in [1.165, 1.54) is 25.6 Å². The molecule has 0 aliphatic carbocycles. The van der Waals surface area contributed by atoms with Gasteiger partial charge in [-0.15, -0.1) is 11.3 Å². The monoisotopic (exact) mass is 600 g/mol. The van der Waals surface area contributed by atoms with Gasteiger partial charge in [0.25, 0.3) is 0 Å². The van der Waals surface area contributed by atoms with Gasteiger partial charge in [-0.25, -0.2) is 9.59 Å². The van der Waals surface area contributed by atoms with Crippen LogP contribution in [0.1, 0.15) is 15.9 Å². The van der Waals surface area contributed by atoms with Gasteiger partial charge in [0.2, 0.25) is 0 Å². The van der Waals surface area contributed by atoms with Crippen molar-refractivity contribution in [1.82, 2.24) is 0 Å². The summed E-state index contributed by atoms with van der Waals surface area (Å²) >= 11 is 1.49. The Morgan fingerprint density at radius 1 is 0.690 bits per heavy atom. The number of carbonyl (C=O) groups is 3. The first-order valence-corrected chi connectivity index (χ1v) is 15.0. The summed E-state index contributed by atoms with van der Waals surface area (Å²) in [5, 5.41) is 1.05. The van der Waals surface area contributed by atoms with Crippen molar-refractivity contribution in [3.63, 3.8) is 0 Å². The standard InChI is InChI=1S/C32H24O8S2/c1-37-29(33)16-39-18-7-10-25-22(13-18)32(36)23-15-20(9-11-26(23)41-25)42-27-6-4-3-5-21(27)31(35)24-14-19(8-12-28(24)42)40-17-30(34)38-2/h3-15,42H,16-17H2,1-2H3. The molecule has 1 aliphatic heterocycles. The molecule has 0 radical (unpaired) electrons. The molecular weight excluding hydrogens is 576 g/mol. The third-order valence-corrected chi connectivity index (χ3v) is 10.6. The number of benzene rings is 4. The molecule has 8 nitrogen and oxygen atoms in total. The Bertz CT molecular complexity index is 1960. The summed E-state index contributed by atoms with van der Waals surface area (Å²) in [6, 6.07) is 23.8. The Morgan fingerprint density at radius 2 is 1.29 bits per heavy atom. The minimum atomic E-state index is -1.19. The highest BCUT2D eigenvalue weighted by molar-refractivity contribution is 8.17. The van der Waals surface area contributed by atoms with Crippen LogP contribution < -0.4 is 14.9 Å². The van der Waals surface area contributed by atoms with Crippen LogP contribution in [0.2, 0.25) is 0 Å². The van der Waals surface area contributed by atoms with Crippen molar-refractivity contribution >= 4 is 60.1 Å². The molecule has 212 valence electrons. The number of ketones is 1. The number of fused-ring (bicyclic) bond motifs is 4. The minimum Gasteiger partial charge on any atom is -0.482 e. The molecule has 0 amide bonds. The van der Waals surface area contributed by atoms with E-state index >= 15 is 0 Å². The van der Waals surface area contributed by atoms with Crippen LogP contribution in [0.4, 0.5) is 0 Å². The van der Waals surface area contributed by atoms with E-state index in [1.807, 2.05) is 54.6 Å². The number of esters is 2. The molecule has 0 saturated heterocycles. The number of hydrogen-bond acceptors (Lipinski definition) is 9. The maximum Gasteiger partial charge on any atom is 0.343 e. The number of methoxy groups -OCH3 is 2. The Hall–Kier alpha value is -4.67. The highest BCUT2D eigenvalue weighted by Gasteiger charge is 2.30. The lowest BCUT2D eigenvalue weighted by Gasteiger charge is -2.31. The zero-order valence-corrected chi connectivity index (χ0v) is 24.3. The molecule has 4 aromatic carbocycles. The van der Waals surface area contributed by atoms with E-state index in [1.54, 1.807) is 24.3 Å². The van der Waals surface area contributed by atoms with Crippen molar-refractivity contribution in [2.24, 2.45) is 0 Å². The quantitative estimate of drug-likeness (QED) is 0.145. The second-order valence-electron chi connectivity index (χ2n) is 9.36. The highest BCUT2D eigenvalue weighted by atomic mass is 32.2. The third kappa shape index (κ3) is 4.99. The fourth-order valence-electron chi connectivity index (χ4n) is 4.85. The molecule has 42 heavy (non-hydrogen) atoms. The average Bonchev–Trinajstić information content (AvgIpc) is 3.03. The van der Waals surface area contributed by atoms with E-state index < -0.39 is 22.8 Å². The molecule has 10 heteroatoms. The van der Waals surface area contributed by atoms with Crippen molar-refractivity contribution in [3.05, 3.63) is 100 Å². The predicted molar refractivity (Wildman–Crippen MR) is 161 cm³/mol. The third-order valence-electron chi connectivity index (χ3n) is 6.89. The van der Waals surface area contributed by atoms with E-state index in [0.717, 1.165) is 24.1 Å². The molecule has 1 aliphatic rings. The molecule has 1 atom stereocenters. The van der Waals surface area contributed by atoms with Crippen molar-refractivity contribution in [1.29, 1.82) is 0 Å². The van der Waals surface area contributed by atoms with Gasteiger partial charge >= 0.3 is 11.9 Å². The minimum absolute atomic E-state index is 0.124. The van der Waals surface area contributed by atoms with E-state index in [0.29, 0.717) is 33.4 Å². The van der Waals surface area contributed by atoms with Gasteiger partial charge in [-0.3, -0.25) is 9.59 Å². The van der Waals surface area contributed by atoms with Gasteiger partial charge in [0.05, 0.1) is 14.2 Å². The lowest BCUT2D eigenvalue weighted by atomic mass is 10.0. The van der Waals surface area contributed by atoms with Gasteiger partial charge in [0.15, 0.2) is 24.4 Å². The molecule has 1 aromatic heterocycles. The summed E-state index contributed by atoms with van der Waals surface area (Å²) in [4.78, 5) is 53.1. The highest BCUT2D eigenvalue weighted by Crippen LogP contribution is 2.57. The fraction of sp³-hybridized carbons (Fsp3) is 0.125. The summed E-state index contributed by atoms with van der Waals surface area (Å²) in [6.07, 6.45) is 0. The Balaban J connectivity index is 1.46. The zero-order valence-electron chi connectivity index (χ0n) is 22.5. The Kier molecular flexibility index (Phi) is 7.40. The maximum absolute atomic E-state index is 13.8. The van der Waals surface area contributed by atoms with Gasteiger partial charge in [0, 0.05) is 41.1 Å². The number of ether oxygens (including phenoxy) is 4. The molecule has 2 heterocycles. The molecule has 0 N–H and O–H groups in total. The topological polar surface area (TPSA) is 105 Å². The van der Waals surface area contributed by atoms with Crippen LogP contribution in [0, 0.1) is 0 Å². The van der Waals surface area contributed by atoms with Crippen LogP contribution in [-0.2, 0) is 19.1 Å². The first-order valence-electron chi connectivity index (χ1n) is 12.9. The zero-order chi connectivity index (χ0) is 29.4. The van der Waals surface area contributed by atoms with Gasteiger partial charge in [0.1, 0.15) is 11.5 Å². The van der Waals surface area contributed by atoms with Crippen LogP contribution in [0.15, 0.2) is 98.3 Å². The normalized spacial score (nSPS) is 14.6. The second kappa shape index (κ2) is 11.3. The molecule has 0 spiro atoms. The summed E-state index contributed by atoms with van der Waals surface area (Å²) in [6.45, 7) is -0.523. The lowest BCUT2D eigenvalue weighted by molar-refractivity contribution is -0.143. The molecular formula is C32H24O8S2. The van der Waals surface area contributed by atoms with Crippen molar-refractivity contribution < 1.29 is 33.3 Å². The van der Waals surface area contributed by atoms with Crippen LogP contribution in [0.25, 0.3) is 20.2 Å². The number of carbonyl (C=O) groups excluding carboxylic acids is 3. The van der Waals surface area contributed by atoms with Crippen molar-refractivity contribution in [2.75, 3.05) is 27.4 Å². The van der Waals surface area contributed by atoms with E-state index in [2.05, 4.69) is 9.47 Å². The van der Waals surface area contributed by atoms with Gasteiger partial charge < -0.3 is 18.9 Å². The molecule has 0 fully saturated rings. The Morgan fingerprint density at radius 3 is 2.00 bits per heavy atom. The molecule has 1 unspecified atom stereocenters. The van der Waals surface area contributed by atoms with E-state index in [9.17, 15) is 19.2 Å². The van der Waals surface area contributed by atoms with Gasteiger partial charge in [-0.05, 0) is 71.6 Å². The summed E-state index contributed by atoms with van der Waals surface area (Å²) < 4.78 is 22.0. The SMILES string of the molecule is COC(=O)COc1ccc2c(c1)C(=O)c1ccccc1[SH]2c1ccc2sc3ccc(OCC(=O)OC)cc3c(=O)c2c1. The van der Waals surface area contributed by atoms with Crippen LogP contribution in [-0.4, -0.2) is 45.2 Å². The summed E-state index contributed by atoms with van der Waals surface area (Å²) in [5.74, 6) is -0.371. The molecule has 5 aromatic rings. The van der Waals surface area contributed by atoms with Crippen molar-refractivity contribution in [2.45, 2.75) is 14.7 Å².